The summed E-state index contributed by atoms with van der Waals surface area (Å²) in [4.78, 5) is 11.6. The maximum Gasteiger partial charge on any atom is 0.157 e. The first-order valence-corrected chi connectivity index (χ1v) is 5.35. The zero-order valence-corrected chi connectivity index (χ0v) is 8.60. The summed E-state index contributed by atoms with van der Waals surface area (Å²) >= 11 is 0. The highest BCUT2D eigenvalue weighted by molar-refractivity contribution is 5.87. The Bertz CT molecular complexity index is 337. The van der Waals surface area contributed by atoms with Crippen LogP contribution < -0.4 is 5.06 Å². The lowest BCUT2D eigenvalue weighted by Crippen LogP contribution is -2.40. The highest BCUT2D eigenvalue weighted by Crippen LogP contribution is 2.23. The van der Waals surface area contributed by atoms with Gasteiger partial charge in [-0.1, -0.05) is 24.6 Å². The molecule has 2 rings (SSSR count). The Labute approximate surface area is 89.3 Å². The van der Waals surface area contributed by atoms with Gasteiger partial charge in [0.25, 0.3) is 0 Å². The minimum absolute atomic E-state index is 0.146. The van der Waals surface area contributed by atoms with E-state index in [2.05, 4.69) is 0 Å². The van der Waals surface area contributed by atoms with Crippen molar-refractivity contribution in [3.05, 3.63) is 30.3 Å². The van der Waals surface area contributed by atoms with Gasteiger partial charge in [-0.2, -0.15) is 0 Å². The van der Waals surface area contributed by atoms with Gasteiger partial charge in [-0.05, 0) is 25.0 Å². The molecule has 1 saturated carbocycles. The van der Waals surface area contributed by atoms with E-state index in [0.29, 0.717) is 12.1 Å². The molecule has 1 aliphatic carbocycles. The van der Waals surface area contributed by atoms with Gasteiger partial charge in [0, 0.05) is 6.42 Å². The van der Waals surface area contributed by atoms with E-state index in [4.69, 9.17) is 0 Å². The molecule has 3 heteroatoms. The molecule has 15 heavy (non-hydrogen) atoms. The number of carbonyl (C=O) groups is 1. The second-order valence-corrected chi connectivity index (χ2v) is 3.91. The molecule has 0 radical (unpaired) electrons. The van der Waals surface area contributed by atoms with Crippen LogP contribution in [0.15, 0.2) is 30.3 Å². The van der Waals surface area contributed by atoms with Crippen molar-refractivity contribution in [1.29, 1.82) is 0 Å². The molecule has 1 atom stereocenters. The molecule has 1 N–H and O–H groups in total. The third-order valence-electron chi connectivity index (χ3n) is 2.84. The summed E-state index contributed by atoms with van der Waals surface area (Å²) in [7, 11) is 0. The molecule has 0 saturated heterocycles. The van der Waals surface area contributed by atoms with Gasteiger partial charge in [-0.25, -0.2) is 5.06 Å². The fourth-order valence-corrected chi connectivity index (χ4v) is 1.98. The lowest BCUT2D eigenvalue weighted by molar-refractivity contribution is -0.123. The van der Waals surface area contributed by atoms with E-state index >= 15 is 0 Å². The monoisotopic (exact) mass is 205 g/mol. The molecule has 1 fully saturated rings. The van der Waals surface area contributed by atoms with Gasteiger partial charge >= 0.3 is 0 Å². The summed E-state index contributed by atoms with van der Waals surface area (Å²) < 4.78 is 0. The van der Waals surface area contributed by atoms with E-state index < -0.39 is 0 Å². The standard InChI is InChI=1S/C12H15NO2/c14-12-9-5-4-8-11(12)13(15)10-6-2-1-3-7-10/h1-3,6-7,11,15H,4-5,8-9H2. The number of anilines is 1. The Morgan fingerprint density at radius 2 is 1.93 bits per heavy atom. The summed E-state index contributed by atoms with van der Waals surface area (Å²) in [6.07, 6.45) is 3.32. The fourth-order valence-electron chi connectivity index (χ4n) is 1.98. The largest absolute Gasteiger partial charge is 0.297 e. The molecule has 1 aromatic rings. The van der Waals surface area contributed by atoms with E-state index in [1.54, 1.807) is 0 Å². The normalized spacial score (nSPS) is 21.4. The predicted octanol–water partition coefficient (Wildman–Crippen LogP) is 2.39. The van der Waals surface area contributed by atoms with Gasteiger partial charge in [0.05, 0.1) is 5.69 Å². The van der Waals surface area contributed by atoms with Crippen molar-refractivity contribution in [2.75, 3.05) is 5.06 Å². The molecular weight excluding hydrogens is 190 g/mol. The highest BCUT2D eigenvalue weighted by atomic mass is 16.5. The summed E-state index contributed by atoms with van der Waals surface area (Å²) in [5.41, 5.74) is 0.692. The zero-order valence-electron chi connectivity index (χ0n) is 8.60. The van der Waals surface area contributed by atoms with Crippen molar-refractivity contribution in [2.24, 2.45) is 0 Å². The summed E-state index contributed by atoms with van der Waals surface area (Å²) in [6, 6.07) is 8.86. The number of hydrogen-bond acceptors (Lipinski definition) is 3. The quantitative estimate of drug-likeness (QED) is 0.754. The SMILES string of the molecule is O=C1CCCCC1N(O)c1ccccc1. The Morgan fingerprint density at radius 3 is 2.60 bits per heavy atom. The van der Waals surface area contributed by atoms with Crippen LogP contribution in [0.3, 0.4) is 0 Å². The number of hydrogen-bond donors (Lipinski definition) is 1. The van der Waals surface area contributed by atoms with Gasteiger partial charge in [-0.3, -0.25) is 10.0 Å². The lowest BCUT2D eigenvalue weighted by Gasteiger charge is -2.29. The molecule has 3 nitrogen and oxygen atoms in total. The number of para-hydroxylation sites is 1. The topological polar surface area (TPSA) is 40.5 Å². The summed E-state index contributed by atoms with van der Waals surface area (Å²) in [6.45, 7) is 0. The van der Waals surface area contributed by atoms with Gasteiger partial charge < -0.3 is 0 Å². The second kappa shape index (κ2) is 4.45. The Hall–Kier alpha value is -1.35. The van der Waals surface area contributed by atoms with E-state index in [1.165, 1.54) is 0 Å². The van der Waals surface area contributed by atoms with Crippen LogP contribution in [0, 0.1) is 0 Å². The Balaban J connectivity index is 2.13. The number of Topliss-reactive ketones (excluding diaryl/α,β-unsaturated/α-hetero) is 1. The van der Waals surface area contributed by atoms with Crippen molar-refractivity contribution < 1.29 is 10.0 Å². The maximum absolute atomic E-state index is 11.6. The molecule has 0 bridgehead atoms. The molecule has 0 heterocycles. The second-order valence-electron chi connectivity index (χ2n) is 3.91. The summed E-state index contributed by atoms with van der Waals surface area (Å²) in [5, 5.41) is 11.0. The van der Waals surface area contributed by atoms with E-state index in [-0.39, 0.29) is 11.8 Å². The highest BCUT2D eigenvalue weighted by Gasteiger charge is 2.27. The van der Waals surface area contributed by atoms with Crippen molar-refractivity contribution in [3.63, 3.8) is 0 Å². The van der Waals surface area contributed by atoms with Crippen LogP contribution in [-0.4, -0.2) is 17.0 Å². The van der Waals surface area contributed by atoms with E-state index in [0.717, 1.165) is 24.3 Å². The number of nitrogens with zero attached hydrogens (tertiary/aromatic N) is 1. The number of rotatable bonds is 2. The number of benzene rings is 1. The van der Waals surface area contributed by atoms with Crippen LogP contribution in [0.4, 0.5) is 5.69 Å². The molecule has 1 aliphatic rings. The first kappa shape index (κ1) is 10.2. The van der Waals surface area contributed by atoms with Gasteiger partial charge in [-0.15, -0.1) is 0 Å². The first-order chi connectivity index (χ1) is 7.29. The number of ketones is 1. The minimum atomic E-state index is -0.346. The number of hydroxylamine groups is 1. The zero-order chi connectivity index (χ0) is 10.7. The van der Waals surface area contributed by atoms with Gasteiger partial charge in [0.1, 0.15) is 6.04 Å². The molecule has 0 aliphatic heterocycles. The van der Waals surface area contributed by atoms with Crippen LogP contribution in [0.5, 0.6) is 0 Å². The average molecular weight is 205 g/mol. The Morgan fingerprint density at radius 1 is 1.20 bits per heavy atom. The van der Waals surface area contributed by atoms with Gasteiger partial charge in [0.15, 0.2) is 5.78 Å². The molecule has 80 valence electrons. The molecule has 0 aromatic heterocycles. The smallest absolute Gasteiger partial charge is 0.157 e. The third kappa shape index (κ3) is 2.18. The summed E-state index contributed by atoms with van der Waals surface area (Å²) in [5.74, 6) is 0.146. The van der Waals surface area contributed by atoms with Crippen LogP contribution in [-0.2, 0) is 4.79 Å². The van der Waals surface area contributed by atoms with Crippen LogP contribution >= 0.6 is 0 Å². The first-order valence-electron chi connectivity index (χ1n) is 5.35. The predicted molar refractivity (Wildman–Crippen MR) is 58.0 cm³/mol. The minimum Gasteiger partial charge on any atom is -0.297 e. The van der Waals surface area contributed by atoms with Crippen molar-refractivity contribution in [3.8, 4) is 0 Å². The average Bonchev–Trinajstić information content (AvgIpc) is 2.30. The fraction of sp³-hybridized carbons (Fsp3) is 0.417. The maximum atomic E-state index is 11.6. The van der Waals surface area contributed by atoms with Crippen LogP contribution in [0.1, 0.15) is 25.7 Å². The molecular formula is C12H15NO2. The molecule has 1 unspecified atom stereocenters. The van der Waals surface area contributed by atoms with E-state index in [1.807, 2.05) is 30.3 Å². The lowest BCUT2D eigenvalue weighted by atomic mass is 9.93. The third-order valence-corrected chi connectivity index (χ3v) is 2.84. The Kier molecular flexibility index (Phi) is 3.02. The number of carbonyl (C=O) groups excluding carboxylic acids is 1. The molecule has 0 amide bonds. The van der Waals surface area contributed by atoms with Crippen molar-refractivity contribution >= 4 is 11.5 Å². The van der Waals surface area contributed by atoms with Crippen molar-refractivity contribution in [2.45, 2.75) is 31.7 Å². The van der Waals surface area contributed by atoms with Crippen molar-refractivity contribution in [1.82, 2.24) is 0 Å². The van der Waals surface area contributed by atoms with Crippen LogP contribution in [0.2, 0.25) is 0 Å². The van der Waals surface area contributed by atoms with E-state index in [9.17, 15) is 10.0 Å². The van der Waals surface area contributed by atoms with Crippen LogP contribution in [0.25, 0.3) is 0 Å². The van der Waals surface area contributed by atoms with Gasteiger partial charge in [0.2, 0.25) is 0 Å². The molecule has 1 aromatic carbocycles. The molecule has 0 spiro atoms.